The van der Waals surface area contributed by atoms with Crippen LogP contribution in [0, 0.1) is 6.92 Å². The van der Waals surface area contributed by atoms with E-state index in [1.165, 1.54) is 0 Å². The number of benzene rings is 2. The fourth-order valence-electron chi connectivity index (χ4n) is 2.83. The molecule has 2 N–H and O–H groups in total. The van der Waals surface area contributed by atoms with Gasteiger partial charge in [0.05, 0.1) is 12.3 Å². The van der Waals surface area contributed by atoms with Gasteiger partial charge in [0.25, 0.3) is 5.91 Å². The molecule has 2 aromatic carbocycles. The summed E-state index contributed by atoms with van der Waals surface area (Å²) in [6.07, 6.45) is 3.12. The molecule has 1 unspecified atom stereocenters. The van der Waals surface area contributed by atoms with E-state index in [-0.39, 0.29) is 12.0 Å². The Morgan fingerprint density at radius 3 is 2.74 bits per heavy atom. The van der Waals surface area contributed by atoms with Crippen molar-refractivity contribution in [3.63, 3.8) is 0 Å². The lowest BCUT2D eigenvalue weighted by Crippen LogP contribution is -2.13. The molecule has 0 radical (unpaired) electrons. The van der Waals surface area contributed by atoms with E-state index in [9.17, 15) is 9.90 Å². The molecule has 0 bridgehead atoms. The summed E-state index contributed by atoms with van der Waals surface area (Å²) in [5, 5.41) is 20.6. The molecular weight excluding hydrogens is 340 g/mol. The minimum Gasteiger partial charge on any atom is -0.393 e. The van der Waals surface area contributed by atoms with Crippen LogP contribution < -0.4 is 5.32 Å². The molecule has 0 aliphatic rings. The summed E-state index contributed by atoms with van der Waals surface area (Å²) in [5.74, 6) is -0.148. The maximum absolute atomic E-state index is 12.7. The smallest absolute Gasteiger partial charge is 0.255 e. The van der Waals surface area contributed by atoms with Gasteiger partial charge in [0.15, 0.2) is 0 Å². The maximum Gasteiger partial charge on any atom is 0.255 e. The van der Waals surface area contributed by atoms with Gasteiger partial charge in [0.2, 0.25) is 0 Å². The summed E-state index contributed by atoms with van der Waals surface area (Å²) in [7, 11) is 0. The first-order chi connectivity index (χ1) is 13.0. The first-order valence-corrected chi connectivity index (χ1v) is 9.08. The Hall–Kier alpha value is -2.99. The first-order valence-electron chi connectivity index (χ1n) is 9.08. The van der Waals surface area contributed by atoms with Crippen molar-refractivity contribution in [2.75, 3.05) is 5.32 Å². The number of hydrogen-bond acceptors (Lipinski definition) is 4. The van der Waals surface area contributed by atoms with E-state index >= 15 is 0 Å². The molecule has 6 nitrogen and oxygen atoms in total. The molecule has 1 atom stereocenters. The fraction of sp³-hybridized carbons (Fsp3) is 0.286. The minimum absolute atomic E-state index is 0.148. The molecule has 0 aliphatic heterocycles. The number of rotatable bonds is 7. The van der Waals surface area contributed by atoms with Crippen molar-refractivity contribution < 1.29 is 9.90 Å². The third-order valence-electron chi connectivity index (χ3n) is 4.36. The van der Waals surface area contributed by atoms with Gasteiger partial charge < -0.3 is 10.4 Å². The Morgan fingerprint density at radius 2 is 2.00 bits per heavy atom. The zero-order valence-electron chi connectivity index (χ0n) is 15.6. The molecule has 6 heteroatoms. The average Bonchev–Trinajstić information content (AvgIpc) is 3.11. The Morgan fingerprint density at radius 1 is 1.22 bits per heavy atom. The predicted octanol–water partition coefficient (Wildman–Crippen LogP) is 3.67. The van der Waals surface area contributed by atoms with Gasteiger partial charge in [-0.05, 0) is 50.5 Å². The SMILES string of the molecule is Cc1ccc(-c2cn(CCCC(C)O)nn2)cc1C(=O)Nc1ccccc1. The summed E-state index contributed by atoms with van der Waals surface area (Å²) in [6, 6.07) is 15.1. The zero-order valence-corrected chi connectivity index (χ0v) is 15.6. The number of para-hydroxylation sites is 1. The first kappa shape index (κ1) is 18.8. The van der Waals surface area contributed by atoms with Gasteiger partial charge in [-0.3, -0.25) is 9.48 Å². The highest BCUT2D eigenvalue weighted by Crippen LogP contribution is 2.21. The van der Waals surface area contributed by atoms with Crippen LogP contribution in [-0.2, 0) is 6.54 Å². The van der Waals surface area contributed by atoms with Crippen molar-refractivity contribution in [3.05, 3.63) is 65.9 Å². The molecule has 1 amide bonds. The van der Waals surface area contributed by atoms with Crippen molar-refractivity contribution in [3.8, 4) is 11.3 Å². The molecule has 1 heterocycles. The minimum atomic E-state index is -0.309. The van der Waals surface area contributed by atoms with E-state index < -0.39 is 0 Å². The number of amides is 1. The van der Waals surface area contributed by atoms with Crippen LogP contribution in [0.25, 0.3) is 11.3 Å². The molecule has 0 aliphatic carbocycles. The second kappa shape index (κ2) is 8.60. The van der Waals surface area contributed by atoms with Gasteiger partial charge in [0, 0.05) is 23.4 Å². The van der Waals surface area contributed by atoms with E-state index in [1.54, 1.807) is 11.6 Å². The van der Waals surface area contributed by atoms with Gasteiger partial charge in [-0.25, -0.2) is 0 Å². The number of aliphatic hydroxyl groups is 1. The zero-order chi connectivity index (χ0) is 19.2. The molecule has 3 rings (SSSR count). The van der Waals surface area contributed by atoms with Crippen LogP contribution in [0.1, 0.15) is 35.7 Å². The van der Waals surface area contributed by atoms with Gasteiger partial charge >= 0.3 is 0 Å². The number of carbonyl (C=O) groups excluding carboxylic acids is 1. The molecule has 27 heavy (non-hydrogen) atoms. The van der Waals surface area contributed by atoms with E-state index in [0.717, 1.165) is 35.3 Å². The van der Waals surface area contributed by atoms with E-state index in [0.29, 0.717) is 12.1 Å². The summed E-state index contributed by atoms with van der Waals surface area (Å²) in [5.41, 5.74) is 3.84. The van der Waals surface area contributed by atoms with Gasteiger partial charge in [-0.15, -0.1) is 5.10 Å². The topological polar surface area (TPSA) is 80.0 Å². The van der Waals surface area contributed by atoms with E-state index in [4.69, 9.17) is 0 Å². The Labute approximate surface area is 158 Å². The molecule has 1 aromatic heterocycles. The Kier molecular flexibility index (Phi) is 5.98. The second-order valence-electron chi connectivity index (χ2n) is 6.71. The fourth-order valence-corrected chi connectivity index (χ4v) is 2.83. The largest absolute Gasteiger partial charge is 0.393 e. The number of anilines is 1. The summed E-state index contributed by atoms with van der Waals surface area (Å²) < 4.78 is 1.77. The van der Waals surface area contributed by atoms with Crippen molar-refractivity contribution >= 4 is 11.6 Å². The monoisotopic (exact) mass is 364 g/mol. The van der Waals surface area contributed by atoms with Crippen molar-refractivity contribution in [1.29, 1.82) is 0 Å². The molecular formula is C21H24N4O2. The summed E-state index contributed by atoms with van der Waals surface area (Å²) in [6.45, 7) is 4.39. The third kappa shape index (κ3) is 5.01. The number of aryl methyl sites for hydroxylation is 2. The van der Waals surface area contributed by atoms with Crippen LogP contribution in [-0.4, -0.2) is 32.1 Å². The lowest BCUT2D eigenvalue weighted by Gasteiger charge is -2.09. The van der Waals surface area contributed by atoms with Crippen LogP contribution in [0.2, 0.25) is 0 Å². The Balaban J connectivity index is 1.75. The van der Waals surface area contributed by atoms with Gasteiger partial charge in [-0.2, -0.15) is 0 Å². The highest BCUT2D eigenvalue weighted by molar-refractivity contribution is 6.05. The summed E-state index contributed by atoms with van der Waals surface area (Å²) >= 11 is 0. The van der Waals surface area contributed by atoms with E-state index in [2.05, 4.69) is 15.6 Å². The predicted molar refractivity (Wildman–Crippen MR) is 106 cm³/mol. The van der Waals surface area contributed by atoms with Crippen LogP contribution in [0.3, 0.4) is 0 Å². The highest BCUT2D eigenvalue weighted by Gasteiger charge is 2.13. The summed E-state index contributed by atoms with van der Waals surface area (Å²) in [4.78, 5) is 12.7. The standard InChI is InChI=1S/C21H24N4O2/c1-15-10-11-17(20-14-25(24-23-20)12-6-7-16(2)26)13-19(15)21(27)22-18-8-4-3-5-9-18/h3-5,8-11,13-14,16,26H,6-7,12H2,1-2H3,(H,22,27). The van der Waals surface area contributed by atoms with Crippen molar-refractivity contribution in [1.82, 2.24) is 15.0 Å². The quantitative estimate of drug-likeness (QED) is 0.670. The lowest BCUT2D eigenvalue weighted by atomic mass is 10.0. The molecule has 0 fully saturated rings. The second-order valence-corrected chi connectivity index (χ2v) is 6.71. The molecule has 0 spiro atoms. The average molecular weight is 364 g/mol. The number of aliphatic hydroxyl groups excluding tert-OH is 1. The van der Waals surface area contributed by atoms with Crippen LogP contribution in [0.4, 0.5) is 5.69 Å². The molecule has 140 valence electrons. The lowest BCUT2D eigenvalue weighted by molar-refractivity contribution is 0.102. The number of hydrogen-bond donors (Lipinski definition) is 2. The number of aromatic nitrogens is 3. The normalized spacial score (nSPS) is 12.0. The number of nitrogens with one attached hydrogen (secondary N) is 1. The van der Waals surface area contributed by atoms with Crippen LogP contribution >= 0.6 is 0 Å². The van der Waals surface area contributed by atoms with Gasteiger partial charge in [0.1, 0.15) is 5.69 Å². The van der Waals surface area contributed by atoms with Crippen molar-refractivity contribution in [2.45, 2.75) is 39.3 Å². The third-order valence-corrected chi connectivity index (χ3v) is 4.36. The maximum atomic E-state index is 12.7. The number of nitrogens with zero attached hydrogens (tertiary/aromatic N) is 3. The van der Waals surface area contributed by atoms with E-state index in [1.807, 2.05) is 61.7 Å². The van der Waals surface area contributed by atoms with Crippen LogP contribution in [0.15, 0.2) is 54.7 Å². The Bertz CT molecular complexity index is 904. The molecule has 3 aromatic rings. The number of carbonyl (C=O) groups is 1. The molecule has 0 saturated heterocycles. The van der Waals surface area contributed by atoms with Crippen LogP contribution in [0.5, 0.6) is 0 Å². The van der Waals surface area contributed by atoms with Gasteiger partial charge in [-0.1, -0.05) is 35.5 Å². The molecule has 0 saturated carbocycles. The van der Waals surface area contributed by atoms with Crippen molar-refractivity contribution in [2.24, 2.45) is 0 Å². The highest BCUT2D eigenvalue weighted by atomic mass is 16.3.